The van der Waals surface area contributed by atoms with Gasteiger partial charge in [-0.2, -0.15) is 0 Å². The molecule has 11 heteroatoms. The maximum Gasteiger partial charge on any atom is 0.251 e. The summed E-state index contributed by atoms with van der Waals surface area (Å²) in [6, 6.07) is 24.7. The van der Waals surface area contributed by atoms with E-state index in [2.05, 4.69) is 20.5 Å². The highest BCUT2D eigenvalue weighted by Gasteiger charge is 2.33. The van der Waals surface area contributed by atoms with Crippen LogP contribution in [0.3, 0.4) is 0 Å². The van der Waals surface area contributed by atoms with Gasteiger partial charge in [-0.05, 0) is 71.8 Å². The molecule has 0 radical (unpaired) electrons. The fourth-order valence-corrected chi connectivity index (χ4v) is 5.30. The number of carbonyl (C=O) groups excluding carboxylic acids is 2. The number of nitrogens with zero attached hydrogens (tertiary/aromatic N) is 5. The van der Waals surface area contributed by atoms with Gasteiger partial charge in [-0.1, -0.05) is 41.6 Å². The summed E-state index contributed by atoms with van der Waals surface area (Å²) < 4.78 is 35.2. The fourth-order valence-electron chi connectivity index (χ4n) is 5.30. The van der Waals surface area contributed by atoms with Gasteiger partial charge in [0.1, 0.15) is 29.7 Å². The van der Waals surface area contributed by atoms with Gasteiger partial charge in [0.2, 0.25) is 5.91 Å². The molecule has 1 aliphatic rings. The summed E-state index contributed by atoms with van der Waals surface area (Å²) in [5.74, 6) is -1.97. The van der Waals surface area contributed by atoms with E-state index < -0.39 is 29.5 Å². The first-order valence-electron chi connectivity index (χ1n) is 14.3. The van der Waals surface area contributed by atoms with E-state index in [-0.39, 0.29) is 18.7 Å². The predicted molar refractivity (Wildman–Crippen MR) is 162 cm³/mol. The van der Waals surface area contributed by atoms with Crippen LogP contribution in [-0.4, -0.2) is 58.0 Å². The Morgan fingerprint density at radius 1 is 0.886 bits per heavy atom. The Kier molecular flexibility index (Phi) is 8.55. The molecule has 1 saturated heterocycles. The molecule has 6 rings (SSSR count). The Morgan fingerprint density at radius 2 is 1.64 bits per heavy atom. The molecule has 1 aromatic heterocycles. The van der Waals surface area contributed by atoms with E-state index in [1.54, 1.807) is 42.5 Å². The Hall–Kier alpha value is -5.16. The van der Waals surface area contributed by atoms with E-state index in [1.165, 1.54) is 39.9 Å². The highest BCUT2D eigenvalue weighted by Crippen LogP contribution is 2.28. The molecule has 2 heterocycles. The standard InChI is InChI=1S/C33H30F2N6O3/c34-25-10-8-23(9-11-25)21-40(31(42)22-41-30-7-2-1-6-29(30)37-38-41)32(24-4-3-5-26(35)20-24)33(43)36-27-12-14-28(15-13-27)39-16-18-44-19-17-39/h1-15,20,32H,16-19,21-22H2,(H,36,43)/t32-/m1/s1. The number of ether oxygens (including phenoxy) is 1. The van der Waals surface area contributed by atoms with Gasteiger partial charge < -0.3 is 19.9 Å². The van der Waals surface area contributed by atoms with Crippen molar-refractivity contribution >= 4 is 34.2 Å². The number of aromatic nitrogens is 3. The summed E-state index contributed by atoms with van der Waals surface area (Å²) in [7, 11) is 0. The summed E-state index contributed by atoms with van der Waals surface area (Å²) in [5, 5.41) is 11.2. The molecule has 4 aromatic carbocycles. The van der Waals surface area contributed by atoms with Gasteiger partial charge in [0, 0.05) is 31.0 Å². The van der Waals surface area contributed by atoms with E-state index in [9.17, 15) is 18.4 Å². The third-order valence-corrected chi connectivity index (χ3v) is 7.53. The molecular weight excluding hydrogens is 566 g/mol. The SMILES string of the molecule is O=C(Nc1ccc(N2CCOCC2)cc1)[C@@H](c1cccc(F)c1)N(Cc1ccc(F)cc1)C(=O)Cn1nnc2ccccc21. The minimum absolute atomic E-state index is 0.0453. The van der Waals surface area contributed by atoms with Gasteiger partial charge in [0.15, 0.2) is 0 Å². The third kappa shape index (κ3) is 6.57. The first-order valence-corrected chi connectivity index (χ1v) is 14.3. The van der Waals surface area contributed by atoms with Crippen LogP contribution in [0.1, 0.15) is 17.2 Å². The fraction of sp³-hybridized carbons (Fsp3) is 0.212. The van der Waals surface area contributed by atoms with E-state index in [0.29, 0.717) is 35.5 Å². The van der Waals surface area contributed by atoms with Gasteiger partial charge in [0.05, 0.1) is 18.7 Å². The van der Waals surface area contributed by atoms with E-state index >= 15 is 0 Å². The Balaban J connectivity index is 1.33. The average molecular weight is 597 g/mol. The van der Waals surface area contributed by atoms with Gasteiger partial charge in [0.25, 0.3) is 5.91 Å². The lowest BCUT2D eigenvalue weighted by Crippen LogP contribution is -2.42. The normalized spacial score (nSPS) is 13.9. The first kappa shape index (κ1) is 28.9. The summed E-state index contributed by atoms with van der Waals surface area (Å²) in [4.78, 5) is 31.7. The summed E-state index contributed by atoms with van der Waals surface area (Å²) in [5.41, 5.74) is 3.66. The molecule has 1 aliphatic heterocycles. The minimum atomic E-state index is -1.23. The van der Waals surface area contributed by atoms with Crippen LogP contribution in [0.25, 0.3) is 11.0 Å². The number of morpholine rings is 1. The lowest BCUT2D eigenvalue weighted by molar-refractivity contribution is -0.140. The lowest BCUT2D eigenvalue weighted by Gasteiger charge is -2.32. The van der Waals surface area contributed by atoms with Gasteiger partial charge in [-0.15, -0.1) is 5.10 Å². The number of para-hydroxylation sites is 1. The monoisotopic (exact) mass is 596 g/mol. The Bertz CT molecular complexity index is 1750. The van der Waals surface area contributed by atoms with Crippen molar-refractivity contribution in [3.05, 3.63) is 120 Å². The van der Waals surface area contributed by atoms with Crippen molar-refractivity contribution in [1.82, 2.24) is 19.9 Å². The van der Waals surface area contributed by atoms with Crippen LogP contribution in [0.15, 0.2) is 97.1 Å². The molecule has 224 valence electrons. The zero-order chi connectivity index (χ0) is 30.5. The second kappa shape index (κ2) is 13.0. The Labute approximate surface area is 252 Å². The van der Waals surface area contributed by atoms with Gasteiger partial charge >= 0.3 is 0 Å². The van der Waals surface area contributed by atoms with Crippen LogP contribution < -0.4 is 10.2 Å². The predicted octanol–water partition coefficient (Wildman–Crippen LogP) is 4.95. The highest BCUT2D eigenvalue weighted by molar-refractivity contribution is 5.98. The molecule has 1 fully saturated rings. The summed E-state index contributed by atoms with van der Waals surface area (Å²) >= 11 is 0. The van der Waals surface area contributed by atoms with Crippen LogP contribution in [0.2, 0.25) is 0 Å². The smallest absolute Gasteiger partial charge is 0.251 e. The number of hydrogen-bond donors (Lipinski definition) is 1. The van der Waals surface area contributed by atoms with Gasteiger partial charge in [-0.25, -0.2) is 13.5 Å². The third-order valence-electron chi connectivity index (χ3n) is 7.53. The number of halogens is 2. The molecule has 5 aromatic rings. The van der Waals surface area contributed by atoms with Crippen LogP contribution in [0, 0.1) is 11.6 Å². The van der Waals surface area contributed by atoms with E-state index in [4.69, 9.17) is 4.74 Å². The number of anilines is 2. The molecule has 0 aliphatic carbocycles. The molecule has 0 saturated carbocycles. The quantitative estimate of drug-likeness (QED) is 0.259. The maximum atomic E-state index is 14.5. The summed E-state index contributed by atoms with van der Waals surface area (Å²) in [6.45, 7) is 2.57. The van der Waals surface area contributed by atoms with Crippen molar-refractivity contribution in [2.75, 3.05) is 36.5 Å². The molecule has 9 nitrogen and oxygen atoms in total. The number of carbonyl (C=O) groups is 2. The first-order chi connectivity index (χ1) is 21.4. The topological polar surface area (TPSA) is 92.6 Å². The molecule has 0 spiro atoms. The number of rotatable bonds is 9. The van der Waals surface area contributed by atoms with Gasteiger partial charge in [-0.3, -0.25) is 9.59 Å². The van der Waals surface area contributed by atoms with E-state index in [0.717, 1.165) is 18.8 Å². The van der Waals surface area contributed by atoms with Crippen molar-refractivity contribution in [3.63, 3.8) is 0 Å². The van der Waals surface area contributed by atoms with Crippen molar-refractivity contribution in [3.8, 4) is 0 Å². The number of fused-ring (bicyclic) bond motifs is 1. The molecule has 0 bridgehead atoms. The summed E-state index contributed by atoms with van der Waals surface area (Å²) in [6.07, 6.45) is 0. The number of nitrogens with one attached hydrogen (secondary N) is 1. The number of hydrogen-bond acceptors (Lipinski definition) is 6. The molecule has 1 N–H and O–H groups in total. The number of benzene rings is 4. The van der Waals surface area contributed by atoms with Crippen LogP contribution in [-0.2, 0) is 27.4 Å². The van der Waals surface area contributed by atoms with Crippen LogP contribution >= 0.6 is 0 Å². The van der Waals surface area contributed by atoms with E-state index in [1.807, 2.05) is 24.3 Å². The molecule has 0 unspecified atom stereocenters. The second-order valence-electron chi connectivity index (χ2n) is 10.5. The minimum Gasteiger partial charge on any atom is -0.378 e. The van der Waals surface area contributed by atoms with Crippen LogP contribution in [0.4, 0.5) is 20.2 Å². The van der Waals surface area contributed by atoms with Crippen molar-refractivity contribution < 1.29 is 23.1 Å². The second-order valence-corrected chi connectivity index (χ2v) is 10.5. The molecule has 1 atom stereocenters. The molecular formula is C33H30F2N6O3. The Morgan fingerprint density at radius 3 is 2.39 bits per heavy atom. The lowest BCUT2D eigenvalue weighted by atomic mass is 10.0. The van der Waals surface area contributed by atoms with Crippen molar-refractivity contribution in [2.24, 2.45) is 0 Å². The highest BCUT2D eigenvalue weighted by atomic mass is 19.1. The zero-order valence-electron chi connectivity index (χ0n) is 23.8. The van der Waals surface area contributed by atoms with Crippen LogP contribution in [0.5, 0.6) is 0 Å². The maximum absolute atomic E-state index is 14.5. The largest absolute Gasteiger partial charge is 0.378 e. The molecule has 2 amide bonds. The van der Waals surface area contributed by atoms with Crippen molar-refractivity contribution in [2.45, 2.75) is 19.1 Å². The number of amides is 2. The van der Waals surface area contributed by atoms with Crippen molar-refractivity contribution in [1.29, 1.82) is 0 Å². The average Bonchev–Trinajstić information content (AvgIpc) is 3.45. The zero-order valence-corrected chi connectivity index (χ0v) is 23.8. The molecule has 44 heavy (non-hydrogen) atoms.